The van der Waals surface area contributed by atoms with Gasteiger partial charge in [0.15, 0.2) is 0 Å². The van der Waals surface area contributed by atoms with Crippen molar-refractivity contribution in [3.63, 3.8) is 0 Å². The summed E-state index contributed by atoms with van der Waals surface area (Å²) in [5, 5.41) is 0. The summed E-state index contributed by atoms with van der Waals surface area (Å²) in [5.41, 5.74) is 1.85. The molecular formula is C11H10N2O2. The summed E-state index contributed by atoms with van der Waals surface area (Å²) in [5.74, 6) is 0. The highest BCUT2D eigenvalue weighted by Gasteiger charge is 2.02. The van der Waals surface area contributed by atoms with Crippen molar-refractivity contribution >= 4 is 12.2 Å². The Kier molecular flexibility index (Phi) is 4.17. The van der Waals surface area contributed by atoms with E-state index in [0.717, 1.165) is 11.1 Å². The van der Waals surface area contributed by atoms with E-state index >= 15 is 0 Å². The molecule has 0 aliphatic rings. The summed E-state index contributed by atoms with van der Waals surface area (Å²) in [6, 6.07) is 7.19. The van der Waals surface area contributed by atoms with Crippen molar-refractivity contribution in [2.75, 3.05) is 0 Å². The number of aliphatic imine (C=N–C) groups is 2. The highest BCUT2D eigenvalue weighted by atomic mass is 16.1. The van der Waals surface area contributed by atoms with Crippen LogP contribution >= 0.6 is 0 Å². The normalized spacial score (nSPS) is 11.0. The second-order valence-corrected chi connectivity index (χ2v) is 3.05. The van der Waals surface area contributed by atoms with Crippen molar-refractivity contribution in [2.45, 2.75) is 19.5 Å². The van der Waals surface area contributed by atoms with Gasteiger partial charge in [-0.05, 0) is 18.1 Å². The second kappa shape index (κ2) is 5.66. The monoisotopic (exact) mass is 202 g/mol. The van der Waals surface area contributed by atoms with E-state index in [9.17, 15) is 9.59 Å². The molecule has 0 N–H and O–H groups in total. The highest BCUT2D eigenvalue weighted by Crippen LogP contribution is 2.16. The Morgan fingerprint density at radius 1 is 1.20 bits per heavy atom. The predicted octanol–water partition coefficient (Wildman–Crippen LogP) is 1.92. The molecule has 4 heteroatoms. The number of hydrogen-bond donors (Lipinski definition) is 0. The molecular weight excluding hydrogens is 192 g/mol. The third-order valence-corrected chi connectivity index (χ3v) is 2.03. The van der Waals surface area contributed by atoms with Crippen molar-refractivity contribution in [2.24, 2.45) is 9.98 Å². The van der Waals surface area contributed by atoms with Crippen LogP contribution in [0.2, 0.25) is 0 Å². The van der Waals surface area contributed by atoms with E-state index < -0.39 is 0 Å². The van der Waals surface area contributed by atoms with E-state index in [2.05, 4.69) is 9.98 Å². The topological polar surface area (TPSA) is 58.9 Å². The lowest BCUT2D eigenvalue weighted by molar-refractivity contribution is 0.559. The molecule has 0 aromatic heterocycles. The lowest BCUT2D eigenvalue weighted by Crippen LogP contribution is -1.90. The molecule has 0 radical (unpaired) electrons. The van der Waals surface area contributed by atoms with E-state index in [1.807, 2.05) is 31.2 Å². The molecule has 1 aromatic rings. The number of isocyanates is 2. The van der Waals surface area contributed by atoms with Crippen LogP contribution in [0.15, 0.2) is 34.3 Å². The Morgan fingerprint density at radius 2 is 1.87 bits per heavy atom. The predicted molar refractivity (Wildman–Crippen MR) is 54.8 cm³/mol. The Hall–Kier alpha value is -2.02. The van der Waals surface area contributed by atoms with Gasteiger partial charge in [-0.15, -0.1) is 0 Å². The van der Waals surface area contributed by atoms with Gasteiger partial charge in [0.25, 0.3) is 0 Å². The molecule has 15 heavy (non-hydrogen) atoms. The fourth-order valence-corrected chi connectivity index (χ4v) is 1.18. The maximum Gasteiger partial charge on any atom is 0.235 e. The molecule has 0 amide bonds. The number of rotatable bonds is 4. The van der Waals surface area contributed by atoms with Crippen LogP contribution < -0.4 is 0 Å². The van der Waals surface area contributed by atoms with Crippen LogP contribution in [-0.4, -0.2) is 12.2 Å². The first kappa shape index (κ1) is 11.1. The molecule has 0 aliphatic heterocycles. The minimum Gasteiger partial charge on any atom is -0.211 e. The maximum atomic E-state index is 10.0. The Labute approximate surface area is 87.4 Å². The summed E-state index contributed by atoms with van der Waals surface area (Å²) >= 11 is 0. The van der Waals surface area contributed by atoms with Gasteiger partial charge in [-0.3, -0.25) is 0 Å². The number of hydrogen-bond acceptors (Lipinski definition) is 4. The van der Waals surface area contributed by atoms with Gasteiger partial charge in [0.05, 0.1) is 12.6 Å². The molecule has 0 fully saturated rings. The molecule has 1 aromatic carbocycles. The molecule has 0 saturated heterocycles. The molecule has 1 rings (SSSR count). The molecule has 0 unspecified atom stereocenters. The summed E-state index contributed by atoms with van der Waals surface area (Å²) in [6.45, 7) is 2.14. The van der Waals surface area contributed by atoms with Gasteiger partial charge >= 0.3 is 0 Å². The van der Waals surface area contributed by atoms with Crippen molar-refractivity contribution < 1.29 is 9.59 Å². The minimum atomic E-state index is -0.189. The van der Waals surface area contributed by atoms with E-state index in [1.165, 1.54) is 12.2 Å². The standard InChI is InChI=1S/C11H10N2O2/c1-9(13-8-15)11-4-2-10(3-5-11)6-12-7-14/h2-5,9H,6H2,1H3/t9-/m1/s1. The second-order valence-electron chi connectivity index (χ2n) is 3.05. The lowest BCUT2D eigenvalue weighted by Gasteiger charge is -2.04. The van der Waals surface area contributed by atoms with Crippen molar-refractivity contribution in [1.29, 1.82) is 0 Å². The van der Waals surface area contributed by atoms with Crippen molar-refractivity contribution in [3.8, 4) is 0 Å². The van der Waals surface area contributed by atoms with Gasteiger partial charge in [-0.1, -0.05) is 24.3 Å². The van der Waals surface area contributed by atoms with E-state index in [0.29, 0.717) is 6.54 Å². The number of benzene rings is 1. The summed E-state index contributed by atoms with van der Waals surface area (Å²) in [7, 11) is 0. The fourth-order valence-electron chi connectivity index (χ4n) is 1.18. The Balaban J connectivity index is 2.79. The molecule has 1 atom stereocenters. The quantitative estimate of drug-likeness (QED) is 0.553. The van der Waals surface area contributed by atoms with Crippen LogP contribution in [-0.2, 0) is 16.1 Å². The zero-order valence-electron chi connectivity index (χ0n) is 8.30. The summed E-state index contributed by atoms with van der Waals surface area (Å²) < 4.78 is 0. The van der Waals surface area contributed by atoms with E-state index in [1.54, 1.807) is 0 Å². The SMILES string of the molecule is C[C@@H](N=C=O)c1ccc(CN=C=O)cc1. The molecule has 0 saturated carbocycles. The average Bonchev–Trinajstić information content (AvgIpc) is 2.27. The first-order valence-corrected chi connectivity index (χ1v) is 4.47. The average molecular weight is 202 g/mol. The van der Waals surface area contributed by atoms with Gasteiger partial charge in [-0.2, -0.15) is 4.99 Å². The molecule has 76 valence electrons. The van der Waals surface area contributed by atoms with Gasteiger partial charge in [0, 0.05) is 0 Å². The van der Waals surface area contributed by atoms with Crippen molar-refractivity contribution in [1.82, 2.24) is 0 Å². The zero-order valence-corrected chi connectivity index (χ0v) is 8.30. The van der Waals surface area contributed by atoms with Gasteiger partial charge in [0.1, 0.15) is 0 Å². The maximum absolute atomic E-state index is 10.0. The largest absolute Gasteiger partial charge is 0.235 e. The fraction of sp³-hybridized carbons (Fsp3) is 0.273. The van der Waals surface area contributed by atoms with Crippen LogP contribution in [0.5, 0.6) is 0 Å². The highest BCUT2D eigenvalue weighted by molar-refractivity contribution is 5.36. The van der Waals surface area contributed by atoms with Crippen LogP contribution in [0.4, 0.5) is 0 Å². The van der Waals surface area contributed by atoms with Gasteiger partial charge in [-0.25, -0.2) is 14.6 Å². The molecule has 0 aliphatic carbocycles. The van der Waals surface area contributed by atoms with E-state index in [-0.39, 0.29) is 6.04 Å². The summed E-state index contributed by atoms with van der Waals surface area (Å²) in [4.78, 5) is 27.0. The van der Waals surface area contributed by atoms with Crippen molar-refractivity contribution in [3.05, 3.63) is 35.4 Å². The third-order valence-electron chi connectivity index (χ3n) is 2.03. The Bertz CT molecular complexity index is 413. The number of nitrogens with zero attached hydrogens (tertiary/aromatic N) is 2. The number of carbonyl (C=O) groups excluding carboxylic acids is 2. The smallest absolute Gasteiger partial charge is 0.211 e. The molecule has 0 heterocycles. The van der Waals surface area contributed by atoms with Gasteiger partial charge < -0.3 is 0 Å². The molecule has 0 bridgehead atoms. The first-order valence-electron chi connectivity index (χ1n) is 4.47. The van der Waals surface area contributed by atoms with Gasteiger partial charge in [0.2, 0.25) is 12.2 Å². The van der Waals surface area contributed by atoms with Crippen LogP contribution in [0.3, 0.4) is 0 Å². The molecule has 0 spiro atoms. The summed E-state index contributed by atoms with van der Waals surface area (Å²) in [6.07, 6.45) is 3.00. The van der Waals surface area contributed by atoms with E-state index in [4.69, 9.17) is 0 Å². The van der Waals surface area contributed by atoms with Crippen LogP contribution in [0, 0.1) is 0 Å². The minimum absolute atomic E-state index is 0.189. The van der Waals surface area contributed by atoms with Crippen LogP contribution in [0.25, 0.3) is 0 Å². The third kappa shape index (κ3) is 3.31. The van der Waals surface area contributed by atoms with Crippen LogP contribution in [0.1, 0.15) is 24.1 Å². The molecule has 4 nitrogen and oxygen atoms in total. The lowest BCUT2D eigenvalue weighted by atomic mass is 10.1. The first-order chi connectivity index (χ1) is 7.27. The Morgan fingerprint density at radius 3 is 2.40 bits per heavy atom. The zero-order chi connectivity index (χ0) is 11.1.